The summed E-state index contributed by atoms with van der Waals surface area (Å²) in [6.45, 7) is 36.1. The molecular formula is C36H46Co2N10Zn-16. The van der Waals surface area contributed by atoms with Gasteiger partial charge >= 0.3 is 0 Å². The van der Waals surface area contributed by atoms with Crippen molar-refractivity contribution in [2.24, 2.45) is 0 Å². The first kappa shape index (κ1) is 67.6. The zero-order valence-electron chi connectivity index (χ0n) is 28.2. The number of allylic oxidation sites excluding steroid dienone is 2. The van der Waals surface area contributed by atoms with E-state index < -0.39 is 0 Å². The summed E-state index contributed by atoms with van der Waals surface area (Å²) >= 11 is 0. The Kier molecular flexibility index (Phi) is 125. The van der Waals surface area contributed by atoms with E-state index >= 15 is 0 Å². The molecule has 3 saturated heterocycles. The molecule has 0 amide bonds. The van der Waals surface area contributed by atoms with Crippen molar-refractivity contribution in [3.8, 4) is 0 Å². The summed E-state index contributed by atoms with van der Waals surface area (Å²) in [4.78, 5) is 0. The Bertz CT molecular complexity index is 698. The van der Waals surface area contributed by atoms with Gasteiger partial charge in [-0.3, -0.25) is 0 Å². The average Bonchev–Trinajstić information content (AvgIpc) is 4.01. The molecule has 2 aromatic carbocycles. The van der Waals surface area contributed by atoms with Crippen LogP contribution in [0.5, 0.6) is 0 Å². The largest absolute Gasteiger partial charge is 0.748 e. The number of hydrogen-bond acceptors (Lipinski definition) is 6. The van der Waals surface area contributed by atoms with Gasteiger partial charge in [0.25, 0.3) is 0 Å². The summed E-state index contributed by atoms with van der Waals surface area (Å²) in [5.74, 6) is 0. The van der Waals surface area contributed by atoms with Crippen molar-refractivity contribution in [3.05, 3.63) is 146 Å². The standard InChI is InChI=1S/3C5H10N.C5H6N.2C5H5.6CN.2Co.Zn/c4*1-2-4-6-5-3-1;2*1-2-4-5-3-1;6*1-2;;;/h3*1-5H2;1-4H,5H2;2*1-5H;;;;;;;;;/q4*-1;-5;7*-1;;;. The summed E-state index contributed by atoms with van der Waals surface area (Å²) in [6.07, 6.45) is 20.0. The minimum Gasteiger partial charge on any atom is -0.748 e. The molecule has 0 atom stereocenters. The van der Waals surface area contributed by atoms with Crippen molar-refractivity contribution in [2.75, 3.05) is 45.8 Å². The van der Waals surface area contributed by atoms with Gasteiger partial charge in [0.1, 0.15) is 0 Å². The summed E-state index contributed by atoms with van der Waals surface area (Å²) in [5.41, 5.74) is 0. The molecule has 49 heavy (non-hydrogen) atoms. The molecule has 2 radical (unpaired) electrons. The van der Waals surface area contributed by atoms with Crippen LogP contribution < -0.4 is 0 Å². The molecule has 4 aliphatic rings. The first-order valence-corrected chi connectivity index (χ1v) is 14.6. The predicted octanol–water partition coefficient (Wildman–Crippen LogP) is 9.46. The van der Waals surface area contributed by atoms with Crippen LogP contribution in [-0.4, -0.2) is 45.8 Å². The van der Waals surface area contributed by atoms with E-state index in [1.54, 1.807) is 6.20 Å². The molecule has 13 heteroatoms. The molecule has 0 unspecified atom stereocenters. The molecule has 6 rings (SSSR count). The van der Waals surface area contributed by atoms with Gasteiger partial charge in [0.05, 0.1) is 0 Å². The Morgan fingerprint density at radius 2 is 0.714 bits per heavy atom. The second-order valence-electron chi connectivity index (χ2n) is 8.25. The number of rotatable bonds is 0. The van der Waals surface area contributed by atoms with E-state index in [2.05, 4.69) is 21.3 Å². The van der Waals surface area contributed by atoms with Gasteiger partial charge in [-0.15, -0.1) is 51.9 Å². The third-order valence-corrected chi connectivity index (χ3v) is 5.16. The molecule has 276 valence electrons. The number of piperidine rings is 3. The smallest absolute Gasteiger partial charge is 0 e. The van der Waals surface area contributed by atoms with E-state index in [1.165, 1.54) is 57.8 Å². The fourth-order valence-electron chi connectivity index (χ4n) is 3.22. The van der Waals surface area contributed by atoms with Gasteiger partial charge in [-0.1, -0.05) is 69.9 Å². The quantitative estimate of drug-likeness (QED) is 0.188. The molecule has 4 aliphatic heterocycles. The maximum Gasteiger partial charge on any atom is 0 e. The summed E-state index contributed by atoms with van der Waals surface area (Å²) in [7, 11) is 0. The van der Waals surface area contributed by atoms with Crippen LogP contribution in [0.4, 0.5) is 0 Å². The Morgan fingerprint density at radius 1 is 0.429 bits per heavy atom. The number of hydrogen-bond donors (Lipinski definition) is 0. The Morgan fingerprint density at radius 3 is 0.796 bits per heavy atom. The molecule has 2 aromatic rings. The second-order valence-corrected chi connectivity index (χ2v) is 8.25. The van der Waals surface area contributed by atoms with Crippen LogP contribution in [-0.2, 0) is 53.0 Å². The second kappa shape index (κ2) is 90.5. The Labute approximate surface area is 332 Å². The summed E-state index contributed by atoms with van der Waals surface area (Å²) < 4.78 is 0. The van der Waals surface area contributed by atoms with Gasteiger partial charge in [-0.25, -0.2) is 12.1 Å². The maximum atomic E-state index is 6.25. The third kappa shape index (κ3) is 86.4. The van der Waals surface area contributed by atoms with Gasteiger partial charge in [0.15, 0.2) is 0 Å². The summed E-state index contributed by atoms with van der Waals surface area (Å²) in [6, 6.07) is 20.0. The SMILES string of the molecule is C1=CC[N-]C=C1.C1CC[N-]CC1.C1CC[N-]CC1.C1CC[N-]CC1.[C-]#N.[C-]#N.[C-]#N.[C-]#N.[C-]#N.[C-]#N.[Co].[Co].[Zn].[cH-]1[cH-][cH-][cH-][cH-]1.c1cc[cH-]c1. The van der Waals surface area contributed by atoms with Gasteiger partial charge in [0, 0.05) is 53.0 Å². The molecule has 0 saturated carbocycles. The fourth-order valence-corrected chi connectivity index (χ4v) is 3.22. The van der Waals surface area contributed by atoms with Crippen molar-refractivity contribution >= 4 is 0 Å². The van der Waals surface area contributed by atoms with Gasteiger partial charge in [-0.2, -0.15) is 24.4 Å². The van der Waals surface area contributed by atoms with Crippen LogP contribution >= 0.6 is 0 Å². The Balaban J connectivity index is -0.0000000522. The summed E-state index contributed by atoms with van der Waals surface area (Å²) in [5, 5.41) is 53.9. The van der Waals surface area contributed by atoms with E-state index in [4.69, 9.17) is 71.0 Å². The predicted molar refractivity (Wildman–Crippen MR) is 181 cm³/mol. The first-order valence-electron chi connectivity index (χ1n) is 14.6. The molecule has 0 spiro atoms. The van der Waals surface area contributed by atoms with Crippen molar-refractivity contribution in [2.45, 2.75) is 57.8 Å². The normalized spacial score (nSPS) is 12.8. The molecule has 0 aliphatic carbocycles. The third-order valence-electron chi connectivity index (χ3n) is 5.16. The molecule has 4 heterocycles. The van der Waals surface area contributed by atoms with Crippen molar-refractivity contribution < 1.29 is 53.0 Å². The topological polar surface area (TPSA) is 199 Å². The average molecular weight is 802 g/mol. The van der Waals surface area contributed by atoms with Gasteiger partial charge < -0.3 is 123 Å². The van der Waals surface area contributed by atoms with Crippen LogP contribution in [0.3, 0.4) is 0 Å². The van der Waals surface area contributed by atoms with E-state index in [-0.39, 0.29) is 53.0 Å². The molecule has 3 fully saturated rings. The van der Waals surface area contributed by atoms with E-state index in [9.17, 15) is 0 Å². The van der Waals surface area contributed by atoms with E-state index in [0.29, 0.717) is 0 Å². The minimum absolute atomic E-state index is 0. The van der Waals surface area contributed by atoms with Crippen molar-refractivity contribution in [3.63, 3.8) is 0 Å². The van der Waals surface area contributed by atoms with E-state index in [1.807, 2.05) is 78.9 Å². The molecule has 0 bridgehead atoms. The van der Waals surface area contributed by atoms with E-state index in [0.717, 1.165) is 45.8 Å². The zero-order valence-corrected chi connectivity index (χ0v) is 33.3. The van der Waals surface area contributed by atoms with Gasteiger partial charge in [0.2, 0.25) is 0 Å². The zero-order chi connectivity index (χ0) is 36.0. The molecule has 0 aromatic heterocycles. The van der Waals surface area contributed by atoms with Gasteiger partial charge in [-0.05, 0) is 0 Å². The van der Waals surface area contributed by atoms with Crippen LogP contribution in [0.15, 0.2) is 85.1 Å². The minimum atomic E-state index is 0. The molecular weight excluding hydrogens is 756 g/mol. The maximum absolute atomic E-state index is 6.25. The Hall–Kier alpha value is -3.56. The monoisotopic (exact) mass is 800 g/mol. The van der Waals surface area contributed by atoms with Crippen LogP contribution in [0.25, 0.3) is 21.3 Å². The molecule has 10 nitrogen and oxygen atoms in total. The van der Waals surface area contributed by atoms with Crippen LogP contribution in [0.2, 0.25) is 0 Å². The first-order chi connectivity index (χ1) is 23.0. The van der Waals surface area contributed by atoms with Crippen molar-refractivity contribution in [1.82, 2.24) is 0 Å². The molecule has 0 N–H and O–H groups in total. The van der Waals surface area contributed by atoms with Crippen molar-refractivity contribution in [1.29, 1.82) is 31.6 Å². The number of nitrogens with zero attached hydrogens (tertiary/aromatic N) is 10. The van der Waals surface area contributed by atoms with Crippen LogP contribution in [0.1, 0.15) is 57.8 Å². The fraction of sp³-hybridized carbons (Fsp3) is 0.444. The van der Waals surface area contributed by atoms with Crippen LogP contribution in [0, 0.1) is 71.0 Å².